The van der Waals surface area contributed by atoms with Crippen molar-refractivity contribution in [2.45, 2.75) is 90.9 Å². The summed E-state index contributed by atoms with van der Waals surface area (Å²) in [5, 5.41) is 28.7. The maximum absolute atomic E-state index is 11.2. The standard InChI is InChI=1S/C24H36O5/c1-23(2,21(26)27)14-7-3-5-10-18-11-9-13-20(25)19(18)12-6-4-8-15-24(16-17-24)22(28)29/h9,11,13,25H,3-8,10,12,14-17H2,1-2H3,(H,26,27)(H,28,29). The molecule has 162 valence electrons. The highest BCUT2D eigenvalue weighted by molar-refractivity contribution is 5.77. The van der Waals surface area contributed by atoms with Gasteiger partial charge in [-0.2, -0.15) is 0 Å². The molecule has 3 N–H and O–H groups in total. The van der Waals surface area contributed by atoms with Crippen LogP contribution in [0.4, 0.5) is 0 Å². The van der Waals surface area contributed by atoms with E-state index in [1.807, 2.05) is 6.07 Å². The lowest BCUT2D eigenvalue weighted by Gasteiger charge is -2.18. The fraction of sp³-hybridized carbons (Fsp3) is 0.667. The molecule has 2 rings (SSSR count). The van der Waals surface area contributed by atoms with Crippen LogP contribution in [-0.2, 0) is 22.4 Å². The summed E-state index contributed by atoms with van der Waals surface area (Å²) in [5.74, 6) is -1.05. The number of rotatable bonds is 14. The van der Waals surface area contributed by atoms with Crippen LogP contribution in [0.1, 0.15) is 89.2 Å². The molecule has 0 amide bonds. The van der Waals surface area contributed by atoms with Crippen molar-refractivity contribution in [1.82, 2.24) is 0 Å². The summed E-state index contributed by atoms with van der Waals surface area (Å²) in [4.78, 5) is 22.4. The highest BCUT2D eigenvalue weighted by Crippen LogP contribution is 2.50. The number of hydrogen-bond acceptors (Lipinski definition) is 3. The number of unbranched alkanes of at least 4 members (excludes halogenated alkanes) is 4. The van der Waals surface area contributed by atoms with Crippen molar-refractivity contribution < 1.29 is 24.9 Å². The van der Waals surface area contributed by atoms with Gasteiger partial charge in [-0.15, -0.1) is 0 Å². The van der Waals surface area contributed by atoms with Gasteiger partial charge in [-0.1, -0.05) is 37.8 Å². The number of hydrogen-bond donors (Lipinski definition) is 3. The molecule has 0 aliphatic heterocycles. The maximum atomic E-state index is 11.2. The molecule has 1 aliphatic rings. The van der Waals surface area contributed by atoms with Gasteiger partial charge in [0.2, 0.25) is 0 Å². The maximum Gasteiger partial charge on any atom is 0.309 e. The van der Waals surface area contributed by atoms with Gasteiger partial charge in [0.25, 0.3) is 0 Å². The number of carboxylic acids is 2. The third kappa shape index (κ3) is 6.76. The van der Waals surface area contributed by atoms with Gasteiger partial charge in [-0.05, 0) is 82.4 Å². The van der Waals surface area contributed by atoms with Gasteiger partial charge in [0.05, 0.1) is 10.8 Å². The van der Waals surface area contributed by atoms with Crippen molar-refractivity contribution in [2.24, 2.45) is 10.8 Å². The van der Waals surface area contributed by atoms with E-state index >= 15 is 0 Å². The lowest BCUT2D eigenvalue weighted by molar-refractivity contribution is -0.147. The number of carboxylic acid groups (broad SMARTS) is 2. The minimum Gasteiger partial charge on any atom is -0.508 e. The van der Waals surface area contributed by atoms with E-state index in [0.717, 1.165) is 76.2 Å². The zero-order chi connectivity index (χ0) is 21.5. The largest absolute Gasteiger partial charge is 0.508 e. The highest BCUT2D eigenvalue weighted by atomic mass is 16.4. The predicted molar refractivity (Wildman–Crippen MR) is 113 cm³/mol. The lowest BCUT2D eigenvalue weighted by atomic mass is 9.86. The third-order valence-corrected chi connectivity index (χ3v) is 6.46. The number of aryl methyl sites for hydroxylation is 1. The number of benzene rings is 1. The molecule has 0 unspecified atom stereocenters. The van der Waals surface area contributed by atoms with E-state index in [9.17, 15) is 24.9 Å². The molecule has 0 radical (unpaired) electrons. The molecular formula is C24H36O5. The molecule has 29 heavy (non-hydrogen) atoms. The topological polar surface area (TPSA) is 94.8 Å². The van der Waals surface area contributed by atoms with Crippen molar-refractivity contribution in [2.75, 3.05) is 0 Å². The molecule has 0 bridgehead atoms. The molecule has 0 spiro atoms. The molecule has 0 aromatic heterocycles. The van der Waals surface area contributed by atoms with E-state index in [2.05, 4.69) is 6.07 Å². The van der Waals surface area contributed by atoms with Crippen LogP contribution in [0.5, 0.6) is 5.75 Å². The number of carbonyl (C=O) groups is 2. The Morgan fingerprint density at radius 1 is 0.966 bits per heavy atom. The van der Waals surface area contributed by atoms with Crippen molar-refractivity contribution >= 4 is 11.9 Å². The zero-order valence-electron chi connectivity index (χ0n) is 17.9. The van der Waals surface area contributed by atoms with Crippen LogP contribution < -0.4 is 0 Å². The van der Waals surface area contributed by atoms with Gasteiger partial charge < -0.3 is 15.3 Å². The molecule has 1 saturated carbocycles. The summed E-state index contributed by atoms with van der Waals surface area (Å²) >= 11 is 0. The van der Waals surface area contributed by atoms with E-state index in [1.54, 1.807) is 19.9 Å². The molecule has 5 nitrogen and oxygen atoms in total. The molecule has 1 fully saturated rings. The van der Waals surface area contributed by atoms with Gasteiger partial charge in [-0.3, -0.25) is 9.59 Å². The first-order chi connectivity index (χ1) is 13.7. The van der Waals surface area contributed by atoms with E-state index in [1.165, 1.54) is 5.56 Å². The van der Waals surface area contributed by atoms with E-state index < -0.39 is 22.8 Å². The summed E-state index contributed by atoms with van der Waals surface area (Å²) < 4.78 is 0. The number of aliphatic carboxylic acids is 2. The zero-order valence-corrected chi connectivity index (χ0v) is 17.9. The molecule has 0 saturated heterocycles. The van der Waals surface area contributed by atoms with E-state index in [-0.39, 0.29) is 0 Å². The quantitative estimate of drug-likeness (QED) is 0.352. The second-order valence-electron chi connectivity index (χ2n) is 9.31. The lowest BCUT2D eigenvalue weighted by Crippen LogP contribution is -2.23. The number of aromatic hydroxyl groups is 1. The Morgan fingerprint density at radius 3 is 2.24 bits per heavy atom. The Bertz CT molecular complexity index is 703. The number of phenolic OH excluding ortho intramolecular Hbond substituents is 1. The van der Waals surface area contributed by atoms with Gasteiger partial charge in [0.1, 0.15) is 5.75 Å². The van der Waals surface area contributed by atoms with Crippen molar-refractivity contribution in [1.29, 1.82) is 0 Å². The van der Waals surface area contributed by atoms with Crippen LogP contribution >= 0.6 is 0 Å². The van der Waals surface area contributed by atoms with Crippen molar-refractivity contribution in [3.63, 3.8) is 0 Å². The molecule has 0 heterocycles. The highest BCUT2D eigenvalue weighted by Gasteiger charge is 2.49. The summed E-state index contributed by atoms with van der Waals surface area (Å²) in [6.07, 6.45) is 10.5. The first-order valence-electron chi connectivity index (χ1n) is 10.9. The summed E-state index contributed by atoms with van der Waals surface area (Å²) in [6, 6.07) is 5.68. The summed E-state index contributed by atoms with van der Waals surface area (Å²) in [6.45, 7) is 3.54. The third-order valence-electron chi connectivity index (χ3n) is 6.46. The Hall–Kier alpha value is -2.04. The second kappa shape index (κ2) is 10.1. The Labute approximate surface area is 174 Å². The van der Waals surface area contributed by atoms with E-state index in [0.29, 0.717) is 12.2 Å². The summed E-state index contributed by atoms with van der Waals surface area (Å²) in [5.41, 5.74) is 1.08. The van der Waals surface area contributed by atoms with Crippen LogP contribution in [0.2, 0.25) is 0 Å². The fourth-order valence-corrected chi connectivity index (χ4v) is 3.97. The number of phenols is 1. The predicted octanol–water partition coefficient (Wildman–Crippen LogP) is 5.57. The average Bonchev–Trinajstić information content (AvgIpc) is 3.44. The first-order valence-corrected chi connectivity index (χ1v) is 10.9. The molecule has 1 aliphatic carbocycles. The molecule has 1 aromatic carbocycles. The van der Waals surface area contributed by atoms with Crippen LogP contribution in [-0.4, -0.2) is 27.3 Å². The average molecular weight is 405 g/mol. The Balaban J connectivity index is 1.73. The smallest absolute Gasteiger partial charge is 0.309 e. The minimum absolute atomic E-state index is 0.346. The minimum atomic E-state index is -0.747. The van der Waals surface area contributed by atoms with Crippen molar-refractivity contribution in [3.8, 4) is 5.75 Å². The van der Waals surface area contributed by atoms with Gasteiger partial charge in [0.15, 0.2) is 0 Å². The van der Waals surface area contributed by atoms with Gasteiger partial charge in [0, 0.05) is 0 Å². The molecule has 1 aromatic rings. The normalized spacial score (nSPS) is 15.2. The van der Waals surface area contributed by atoms with Crippen LogP contribution in [0.25, 0.3) is 0 Å². The monoisotopic (exact) mass is 404 g/mol. The van der Waals surface area contributed by atoms with Crippen molar-refractivity contribution in [3.05, 3.63) is 29.3 Å². The molecular weight excluding hydrogens is 368 g/mol. The van der Waals surface area contributed by atoms with E-state index in [4.69, 9.17) is 0 Å². The Kier molecular flexibility index (Phi) is 8.12. The second-order valence-corrected chi connectivity index (χ2v) is 9.31. The molecule has 5 heteroatoms. The molecule has 0 atom stereocenters. The van der Waals surface area contributed by atoms with Crippen LogP contribution in [0, 0.1) is 10.8 Å². The van der Waals surface area contributed by atoms with Gasteiger partial charge in [-0.25, -0.2) is 0 Å². The SMILES string of the molecule is CC(C)(CCCCCc1cccc(O)c1CCCCCC1(C(=O)O)CC1)C(=O)O. The van der Waals surface area contributed by atoms with Crippen LogP contribution in [0.3, 0.4) is 0 Å². The fourth-order valence-electron chi connectivity index (χ4n) is 3.97. The first kappa shape index (κ1) is 23.2. The van der Waals surface area contributed by atoms with Gasteiger partial charge >= 0.3 is 11.9 Å². The summed E-state index contributed by atoms with van der Waals surface area (Å²) in [7, 11) is 0. The Morgan fingerprint density at radius 2 is 1.62 bits per heavy atom. The van der Waals surface area contributed by atoms with Crippen LogP contribution in [0.15, 0.2) is 18.2 Å².